The van der Waals surface area contributed by atoms with Gasteiger partial charge in [0.05, 0.1) is 4.88 Å². The van der Waals surface area contributed by atoms with Crippen LogP contribution in [0.2, 0.25) is 0 Å². The van der Waals surface area contributed by atoms with E-state index in [1.165, 1.54) is 11.3 Å². The van der Waals surface area contributed by atoms with Crippen LogP contribution in [-0.2, 0) is 6.61 Å². The van der Waals surface area contributed by atoms with Crippen molar-refractivity contribution in [1.82, 2.24) is 10.1 Å². The highest BCUT2D eigenvalue weighted by Gasteiger charge is 2.11. The first-order valence-electron chi connectivity index (χ1n) is 8.33. The average Bonchev–Trinajstić information content (AvgIpc) is 3.40. The first-order chi connectivity index (χ1) is 13.7. The Kier molecular flexibility index (Phi) is 5.50. The van der Waals surface area contributed by atoms with Crippen LogP contribution < -0.4 is 10.1 Å². The summed E-state index contributed by atoms with van der Waals surface area (Å²) in [6.45, 7) is 0.184. The van der Waals surface area contributed by atoms with Crippen molar-refractivity contribution in [2.75, 3.05) is 5.32 Å². The van der Waals surface area contributed by atoms with Gasteiger partial charge in [0.1, 0.15) is 5.75 Å². The van der Waals surface area contributed by atoms with Gasteiger partial charge >= 0.3 is 0 Å². The summed E-state index contributed by atoms with van der Waals surface area (Å²) in [7, 11) is 0. The predicted molar refractivity (Wildman–Crippen MR) is 110 cm³/mol. The molecule has 0 bridgehead atoms. The average molecular weight is 456 g/mol. The van der Waals surface area contributed by atoms with Gasteiger partial charge in [-0.3, -0.25) is 4.79 Å². The number of benzene rings is 2. The predicted octanol–water partition coefficient (Wildman–Crippen LogP) is 5.39. The Hall–Kier alpha value is -2.97. The SMILES string of the molecule is O=C(Nc1ccc(-c2noc(COc3ccc(Br)cc3)n2)cc1)c1cccs1. The molecule has 0 fully saturated rings. The molecule has 1 N–H and O–H groups in total. The van der Waals surface area contributed by atoms with Gasteiger partial charge in [-0.15, -0.1) is 11.3 Å². The van der Waals surface area contributed by atoms with Gasteiger partial charge in [0, 0.05) is 15.7 Å². The van der Waals surface area contributed by atoms with E-state index in [0.29, 0.717) is 28.0 Å². The maximum Gasteiger partial charge on any atom is 0.265 e. The fourth-order valence-corrected chi connectivity index (χ4v) is 3.29. The summed E-state index contributed by atoms with van der Waals surface area (Å²) >= 11 is 4.78. The zero-order valence-electron chi connectivity index (χ0n) is 14.5. The Morgan fingerprint density at radius 2 is 1.89 bits per heavy atom. The topological polar surface area (TPSA) is 77.2 Å². The van der Waals surface area contributed by atoms with Gasteiger partial charge in [-0.25, -0.2) is 0 Å². The van der Waals surface area contributed by atoms with Crippen LogP contribution in [0, 0.1) is 0 Å². The van der Waals surface area contributed by atoms with Crippen LogP contribution in [0.1, 0.15) is 15.6 Å². The van der Waals surface area contributed by atoms with Crippen LogP contribution >= 0.6 is 27.3 Å². The molecule has 140 valence electrons. The van der Waals surface area contributed by atoms with Crippen LogP contribution in [0.15, 0.2) is 75.0 Å². The number of aromatic nitrogens is 2. The molecule has 4 rings (SSSR count). The summed E-state index contributed by atoms with van der Waals surface area (Å²) in [4.78, 5) is 17.1. The van der Waals surface area contributed by atoms with E-state index in [9.17, 15) is 4.79 Å². The van der Waals surface area contributed by atoms with Gasteiger partial charge in [0.2, 0.25) is 5.82 Å². The number of ether oxygens (including phenoxy) is 1. The summed E-state index contributed by atoms with van der Waals surface area (Å²) in [6, 6.07) is 18.4. The van der Waals surface area contributed by atoms with Crippen molar-refractivity contribution in [2.45, 2.75) is 6.61 Å². The Morgan fingerprint density at radius 3 is 2.61 bits per heavy atom. The minimum Gasteiger partial charge on any atom is -0.484 e. The molecule has 0 atom stereocenters. The van der Waals surface area contributed by atoms with Gasteiger partial charge in [-0.2, -0.15) is 4.98 Å². The lowest BCUT2D eigenvalue weighted by Crippen LogP contribution is -2.09. The molecule has 2 aromatic carbocycles. The first kappa shape index (κ1) is 18.4. The van der Waals surface area contributed by atoms with Crippen molar-refractivity contribution >= 4 is 38.9 Å². The largest absolute Gasteiger partial charge is 0.484 e. The van der Waals surface area contributed by atoms with Crippen molar-refractivity contribution in [2.24, 2.45) is 0 Å². The molecule has 0 saturated heterocycles. The van der Waals surface area contributed by atoms with E-state index in [4.69, 9.17) is 9.26 Å². The number of anilines is 1. The summed E-state index contributed by atoms with van der Waals surface area (Å²) < 4.78 is 11.9. The molecular formula is C20H14BrN3O3S. The normalized spacial score (nSPS) is 10.6. The maximum atomic E-state index is 12.1. The van der Waals surface area contributed by atoms with Crippen LogP contribution in [0.3, 0.4) is 0 Å². The second kappa shape index (κ2) is 8.37. The van der Waals surface area contributed by atoms with E-state index in [1.807, 2.05) is 47.8 Å². The molecule has 1 amide bonds. The third-order valence-corrected chi connectivity index (χ3v) is 5.19. The number of nitrogens with zero attached hydrogens (tertiary/aromatic N) is 2. The van der Waals surface area contributed by atoms with Crippen molar-refractivity contribution in [1.29, 1.82) is 0 Å². The zero-order chi connectivity index (χ0) is 19.3. The van der Waals surface area contributed by atoms with Crippen molar-refractivity contribution in [3.63, 3.8) is 0 Å². The molecule has 0 saturated carbocycles. The smallest absolute Gasteiger partial charge is 0.265 e. The van der Waals surface area contributed by atoms with E-state index < -0.39 is 0 Å². The number of hydrogen-bond acceptors (Lipinski definition) is 6. The van der Waals surface area contributed by atoms with Crippen LogP contribution in [-0.4, -0.2) is 16.0 Å². The Bertz CT molecular complexity index is 1060. The van der Waals surface area contributed by atoms with E-state index in [0.717, 1.165) is 10.0 Å². The second-order valence-corrected chi connectivity index (χ2v) is 7.63. The highest BCUT2D eigenvalue weighted by Crippen LogP contribution is 2.21. The molecule has 0 unspecified atom stereocenters. The molecule has 0 aliphatic rings. The molecule has 2 heterocycles. The lowest BCUT2D eigenvalue weighted by Gasteiger charge is -2.04. The number of carbonyl (C=O) groups is 1. The third-order valence-electron chi connectivity index (χ3n) is 3.79. The van der Waals surface area contributed by atoms with E-state index in [1.54, 1.807) is 18.2 Å². The second-order valence-electron chi connectivity index (χ2n) is 5.76. The minimum absolute atomic E-state index is 0.130. The van der Waals surface area contributed by atoms with Gasteiger partial charge < -0.3 is 14.6 Å². The molecule has 2 aromatic heterocycles. The van der Waals surface area contributed by atoms with Gasteiger partial charge in [0.15, 0.2) is 6.61 Å². The lowest BCUT2D eigenvalue weighted by atomic mass is 10.2. The summed E-state index contributed by atoms with van der Waals surface area (Å²) in [6.07, 6.45) is 0. The standard InChI is InChI=1S/C20H14BrN3O3S/c21-14-5-9-16(10-6-14)26-12-18-23-19(24-27-18)13-3-7-15(8-4-13)22-20(25)17-2-1-11-28-17/h1-11H,12H2,(H,22,25). The first-order valence-corrected chi connectivity index (χ1v) is 10.0. The maximum absolute atomic E-state index is 12.1. The van der Waals surface area contributed by atoms with E-state index in [-0.39, 0.29) is 12.5 Å². The van der Waals surface area contributed by atoms with Crippen molar-refractivity contribution in [3.8, 4) is 17.1 Å². The Labute approximate surface area is 173 Å². The summed E-state index contributed by atoms with van der Waals surface area (Å²) in [5, 5.41) is 8.71. The zero-order valence-corrected chi connectivity index (χ0v) is 16.9. The molecule has 6 nitrogen and oxygen atoms in total. The summed E-state index contributed by atoms with van der Waals surface area (Å²) in [5.74, 6) is 1.43. The molecule has 4 aromatic rings. The summed E-state index contributed by atoms with van der Waals surface area (Å²) in [5.41, 5.74) is 1.48. The number of thiophene rings is 1. The molecule has 8 heteroatoms. The minimum atomic E-state index is -0.130. The molecular weight excluding hydrogens is 442 g/mol. The number of halogens is 1. The quantitative estimate of drug-likeness (QED) is 0.421. The number of hydrogen-bond donors (Lipinski definition) is 1. The van der Waals surface area contributed by atoms with Gasteiger partial charge in [-0.1, -0.05) is 27.2 Å². The van der Waals surface area contributed by atoms with E-state index >= 15 is 0 Å². The highest BCUT2D eigenvalue weighted by atomic mass is 79.9. The highest BCUT2D eigenvalue weighted by molar-refractivity contribution is 9.10. The Balaban J connectivity index is 1.38. The van der Waals surface area contributed by atoms with Crippen molar-refractivity contribution in [3.05, 3.63) is 81.3 Å². The lowest BCUT2D eigenvalue weighted by molar-refractivity contribution is 0.103. The van der Waals surface area contributed by atoms with Crippen LogP contribution in [0.4, 0.5) is 5.69 Å². The van der Waals surface area contributed by atoms with Gasteiger partial charge in [-0.05, 0) is 60.0 Å². The monoisotopic (exact) mass is 455 g/mol. The van der Waals surface area contributed by atoms with Crippen molar-refractivity contribution < 1.29 is 14.1 Å². The van der Waals surface area contributed by atoms with Crippen LogP contribution in [0.5, 0.6) is 5.75 Å². The van der Waals surface area contributed by atoms with E-state index in [2.05, 4.69) is 31.4 Å². The number of amides is 1. The number of nitrogens with one attached hydrogen (secondary N) is 1. The fraction of sp³-hybridized carbons (Fsp3) is 0.0500. The Morgan fingerprint density at radius 1 is 1.11 bits per heavy atom. The number of rotatable bonds is 6. The molecule has 0 spiro atoms. The fourth-order valence-electron chi connectivity index (χ4n) is 2.41. The number of carbonyl (C=O) groups excluding carboxylic acids is 1. The third kappa shape index (κ3) is 4.47. The molecule has 0 radical (unpaired) electrons. The molecule has 0 aliphatic heterocycles. The molecule has 0 aliphatic carbocycles. The van der Waals surface area contributed by atoms with Crippen LogP contribution in [0.25, 0.3) is 11.4 Å². The molecule has 28 heavy (non-hydrogen) atoms. The van der Waals surface area contributed by atoms with Gasteiger partial charge in [0.25, 0.3) is 11.8 Å².